The van der Waals surface area contributed by atoms with E-state index < -0.39 is 0 Å². The second-order valence-corrected chi connectivity index (χ2v) is 3.77. The zero-order valence-corrected chi connectivity index (χ0v) is 8.14. The maximum atomic E-state index is 5.33. The molecule has 0 aromatic rings. The van der Waals surface area contributed by atoms with Gasteiger partial charge in [-0.15, -0.1) is 12.3 Å². The lowest BCUT2D eigenvalue weighted by atomic mass is 9.94. The third-order valence-electron chi connectivity index (χ3n) is 2.80. The zero-order valence-electron chi connectivity index (χ0n) is 8.14. The molecule has 0 saturated heterocycles. The minimum atomic E-state index is 0.549. The van der Waals surface area contributed by atoms with E-state index in [1.54, 1.807) is 0 Å². The fourth-order valence-electron chi connectivity index (χ4n) is 1.78. The summed E-state index contributed by atoms with van der Waals surface area (Å²) in [5.41, 5.74) is 0. The van der Waals surface area contributed by atoms with E-state index in [0.717, 1.165) is 24.8 Å². The van der Waals surface area contributed by atoms with Gasteiger partial charge >= 0.3 is 0 Å². The molecule has 0 aromatic carbocycles. The molecular weight excluding hydrogens is 146 g/mol. The van der Waals surface area contributed by atoms with Gasteiger partial charge < -0.3 is 5.32 Å². The first-order valence-electron chi connectivity index (χ1n) is 4.96. The summed E-state index contributed by atoms with van der Waals surface area (Å²) in [6.07, 6.45) is 9.03. The van der Waals surface area contributed by atoms with Crippen LogP contribution in [0.4, 0.5) is 0 Å². The average molecular weight is 165 g/mol. The summed E-state index contributed by atoms with van der Waals surface area (Å²) in [6.45, 7) is 5.49. The Kier molecular flexibility index (Phi) is 3.62. The van der Waals surface area contributed by atoms with Gasteiger partial charge in [0.15, 0.2) is 0 Å². The van der Waals surface area contributed by atoms with Crippen molar-refractivity contribution in [3.63, 3.8) is 0 Å². The van der Waals surface area contributed by atoms with Gasteiger partial charge in [-0.2, -0.15) is 0 Å². The van der Waals surface area contributed by atoms with Crippen molar-refractivity contribution in [2.24, 2.45) is 11.8 Å². The molecule has 2 unspecified atom stereocenters. The maximum Gasteiger partial charge on any atom is 0.0243 e. The molecule has 68 valence electrons. The van der Waals surface area contributed by atoms with Crippen molar-refractivity contribution in [1.82, 2.24) is 5.32 Å². The van der Waals surface area contributed by atoms with Crippen LogP contribution in [0.2, 0.25) is 0 Å². The Labute approximate surface area is 75.9 Å². The number of nitrogens with one attached hydrogen (secondary N) is 1. The molecule has 1 nitrogen and oxygen atoms in total. The molecule has 2 atom stereocenters. The predicted octanol–water partition coefficient (Wildman–Crippen LogP) is 2.03. The predicted molar refractivity (Wildman–Crippen MR) is 52.8 cm³/mol. The highest BCUT2D eigenvalue weighted by Crippen LogP contribution is 2.38. The SMILES string of the molecule is C#CCC(NCC)C(C)C1CC1. The van der Waals surface area contributed by atoms with E-state index in [1.165, 1.54) is 12.8 Å². The molecule has 1 aliphatic carbocycles. The van der Waals surface area contributed by atoms with Crippen LogP contribution in [-0.2, 0) is 0 Å². The van der Waals surface area contributed by atoms with Crippen molar-refractivity contribution in [3.05, 3.63) is 0 Å². The van der Waals surface area contributed by atoms with E-state index in [0.29, 0.717) is 6.04 Å². The molecule has 12 heavy (non-hydrogen) atoms. The molecule has 1 fully saturated rings. The van der Waals surface area contributed by atoms with Crippen LogP contribution < -0.4 is 5.32 Å². The standard InChI is InChI=1S/C11H19N/c1-4-6-11(12-5-2)9(3)10-7-8-10/h1,9-12H,5-8H2,2-3H3. The molecular formula is C11H19N. The van der Waals surface area contributed by atoms with Gasteiger partial charge in [0.25, 0.3) is 0 Å². The quantitative estimate of drug-likeness (QED) is 0.615. The average Bonchev–Trinajstić information content (AvgIpc) is 2.85. The highest BCUT2D eigenvalue weighted by Gasteiger charge is 2.32. The highest BCUT2D eigenvalue weighted by molar-refractivity contribution is 4.95. The molecule has 0 spiro atoms. The fraction of sp³-hybridized carbons (Fsp3) is 0.818. The van der Waals surface area contributed by atoms with E-state index in [4.69, 9.17) is 6.42 Å². The van der Waals surface area contributed by atoms with Crippen LogP contribution in [0.25, 0.3) is 0 Å². The van der Waals surface area contributed by atoms with E-state index in [-0.39, 0.29) is 0 Å². The van der Waals surface area contributed by atoms with Crippen molar-refractivity contribution in [1.29, 1.82) is 0 Å². The van der Waals surface area contributed by atoms with Gasteiger partial charge in [-0.1, -0.05) is 13.8 Å². The minimum Gasteiger partial charge on any atom is -0.313 e. The summed E-state index contributed by atoms with van der Waals surface area (Å²) < 4.78 is 0. The van der Waals surface area contributed by atoms with Crippen LogP contribution in [0, 0.1) is 24.2 Å². The monoisotopic (exact) mass is 165 g/mol. The molecule has 0 bridgehead atoms. The molecule has 0 amide bonds. The van der Waals surface area contributed by atoms with Crippen LogP contribution in [-0.4, -0.2) is 12.6 Å². The van der Waals surface area contributed by atoms with Gasteiger partial charge in [0.05, 0.1) is 0 Å². The third-order valence-corrected chi connectivity index (χ3v) is 2.80. The normalized spacial score (nSPS) is 21.4. The topological polar surface area (TPSA) is 12.0 Å². The second kappa shape index (κ2) is 4.52. The maximum absolute atomic E-state index is 5.33. The number of hydrogen-bond acceptors (Lipinski definition) is 1. The van der Waals surface area contributed by atoms with Gasteiger partial charge in [0.1, 0.15) is 0 Å². The Balaban J connectivity index is 2.34. The molecule has 1 saturated carbocycles. The second-order valence-electron chi connectivity index (χ2n) is 3.77. The summed E-state index contributed by atoms with van der Waals surface area (Å²) in [4.78, 5) is 0. The van der Waals surface area contributed by atoms with Crippen LogP contribution >= 0.6 is 0 Å². The summed E-state index contributed by atoms with van der Waals surface area (Å²) in [7, 11) is 0. The summed E-state index contributed by atoms with van der Waals surface area (Å²) in [5, 5.41) is 3.46. The van der Waals surface area contributed by atoms with Crippen LogP contribution in [0.15, 0.2) is 0 Å². The Hall–Kier alpha value is -0.480. The van der Waals surface area contributed by atoms with Crippen LogP contribution in [0.3, 0.4) is 0 Å². The smallest absolute Gasteiger partial charge is 0.0243 e. The minimum absolute atomic E-state index is 0.549. The molecule has 0 heterocycles. The first-order valence-corrected chi connectivity index (χ1v) is 4.96. The van der Waals surface area contributed by atoms with E-state index >= 15 is 0 Å². The summed E-state index contributed by atoms with van der Waals surface area (Å²) >= 11 is 0. The lowest BCUT2D eigenvalue weighted by molar-refractivity contribution is 0.352. The number of rotatable bonds is 5. The Bertz CT molecular complexity index is 164. The van der Waals surface area contributed by atoms with Gasteiger partial charge in [-0.3, -0.25) is 0 Å². The van der Waals surface area contributed by atoms with E-state index in [9.17, 15) is 0 Å². The lowest BCUT2D eigenvalue weighted by Gasteiger charge is -2.22. The Morgan fingerprint density at radius 2 is 2.25 bits per heavy atom. The molecule has 0 radical (unpaired) electrons. The van der Waals surface area contributed by atoms with Crippen molar-refractivity contribution in [2.45, 2.75) is 39.2 Å². The molecule has 1 N–H and O–H groups in total. The van der Waals surface area contributed by atoms with Crippen molar-refractivity contribution < 1.29 is 0 Å². The summed E-state index contributed by atoms with van der Waals surface area (Å²) in [5.74, 6) is 4.47. The molecule has 1 rings (SSSR count). The summed E-state index contributed by atoms with van der Waals surface area (Å²) in [6, 6.07) is 0.549. The first kappa shape index (κ1) is 9.61. The van der Waals surface area contributed by atoms with Gasteiger partial charge in [0.2, 0.25) is 0 Å². The van der Waals surface area contributed by atoms with Crippen molar-refractivity contribution >= 4 is 0 Å². The largest absolute Gasteiger partial charge is 0.313 e. The third kappa shape index (κ3) is 2.53. The first-order chi connectivity index (χ1) is 5.79. The van der Waals surface area contributed by atoms with Gasteiger partial charge in [0, 0.05) is 12.5 Å². The molecule has 0 aliphatic heterocycles. The molecule has 0 aromatic heterocycles. The van der Waals surface area contributed by atoms with Crippen LogP contribution in [0.5, 0.6) is 0 Å². The Morgan fingerprint density at radius 1 is 1.58 bits per heavy atom. The fourth-order valence-corrected chi connectivity index (χ4v) is 1.78. The van der Waals surface area contributed by atoms with E-state index in [1.807, 2.05) is 0 Å². The van der Waals surface area contributed by atoms with Gasteiger partial charge in [-0.05, 0) is 31.2 Å². The van der Waals surface area contributed by atoms with Crippen molar-refractivity contribution in [3.8, 4) is 12.3 Å². The van der Waals surface area contributed by atoms with Crippen LogP contribution in [0.1, 0.15) is 33.1 Å². The number of hydrogen-bond donors (Lipinski definition) is 1. The highest BCUT2D eigenvalue weighted by atomic mass is 14.9. The van der Waals surface area contributed by atoms with Gasteiger partial charge in [-0.25, -0.2) is 0 Å². The van der Waals surface area contributed by atoms with Crippen molar-refractivity contribution in [2.75, 3.05) is 6.54 Å². The zero-order chi connectivity index (χ0) is 8.97. The van der Waals surface area contributed by atoms with E-state index in [2.05, 4.69) is 25.1 Å². The molecule has 1 aliphatic rings. The number of terminal acetylenes is 1. The lowest BCUT2D eigenvalue weighted by Crippen LogP contribution is -2.35. The Morgan fingerprint density at radius 3 is 2.67 bits per heavy atom. The molecule has 1 heteroatoms.